The number of aromatic nitrogens is 1. The molecule has 0 amide bonds. The molecule has 0 radical (unpaired) electrons. The molecule has 1 unspecified atom stereocenters. The van der Waals surface area contributed by atoms with Crippen LogP contribution in [0.15, 0.2) is 47.4 Å². The maximum atomic E-state index is 13.5. The van der Waals surface area contributed by atoms with E-state index >= 15 is 0 Å². The van der Waals surface area contributed by atoms with Gasteiger partial charge in [0.15, 0.2) is 9.84 Å². The molecule has 6 heteroatoms. The van der Waals surface area contributed by atoms with E-state index in [1.807, 2.05) is 12.1 Å². The van der Waals surface area contributed by atoms with Gasteiger partial charge in [-0.25, -0.2) is 8.42 Å². The zero-order chi connectivity index (χ0) is 19.3. The Morgan fingerprint density at radius 1 is 1.11 bits per heavy atom. The SMILES string of the molecule is COc1cccc(S(=O)(=O)C2CCn3c4c(c5cccc2c53)CCNCC4)c1. The number of rotatable bonds is 3. The lowest BCUT2D eigenvalue weighted by Gasteiger charge is -2.26. The van der Waals surface area contributed by atoms with Crippen molar-refractivity contribution in [1.82, 2.24) is 9.88 Å². The molecule has 0 aliphatic carbocycles. The topological polar surface area (TPSA) is 60.3 Å². The predicted octanol–water partition coefficient (Wildman–Crippen LogP) is 3.26. The Morgan fingerprint density at radius 3 is 2.79 bits per heavy atom. The zero-order valence-corrected chi connectivity index (χ0v) is 16.8. The van der Waals surface area contributed by atoms with Gasteiger partial charge in [0.25, 0.3) is 0 Å². The van der Waals surface area contributed by atoms with Crippen molar-refractivity contribution in [2.45, 2.75) is 36.0 Å². The number of methoxy groups -OCH3 is 1. The second-order valence-corrected chi connectivity index (χ2v) is 9.70. The van der Waals surface area contributed by atoms with E-state index in [-0.39, 0.29) is 0 Å². The van der Waals surface area contributed by atoms with Crippen LogP contribution in [-0.4, -0.2) is 33.2 Å². The summed E-state index contributed by atoms with van der Waals surface area (Å²) in [7, 11) is -1.94. The summed E-state index contributed by atoms with van der Waals surface area (Å²) in [5, 5.41) is 4.18. The molecule has 1 atom stereocenters. The number of hydrogen-bond acceptors (Lipinski definition) is 4. The van der Waals surface area contributed by atoms with Gasteiger partial charge in [-0.15, -0.1) is 0 Å². The first-order valence-corrected chi connectivity index (χ1v) is 11.4. The van der Waals surface area contributed by atoms with Crippen molar-refractivity contribution in [3.8, 4) is 5.75 Å². The van der Waals surface area contributed by atoms with Gasteiger partial charge < -0.3 is 14.6 Å². The van der Waals surface area contributed by atoms with Crippen molar-refractivity contribution < 1.29 is 13.2 Å². The minimum absolute atomic E-state index is 0.333. The number of hydrogen-bond donors (Lipinski definition) is 1. The number of nitrogens with one attached hydrogen (secondary N) is 1. The Labute approximate surface area is 165 Å². The van der Waals surface area contributed by atoms with Gasteiger partial charge in [0.05, 0.1) is 22.8 Å². The molecule has 2 aliphatic rings. The summed E-state index contributed by atoms with van der Waals surface area (Å²) in [6.45, 7) is 2.70. The van der Waals surface area contributed by atoms with E-state index < -0.39 is 15.1 Å². The fraction of sp³-hybridized carbons (Fsp3) is 0.364. The second-order valence-electron chi connectivity index (χ2n) is 7.57. The molecule has 5 rings (SSSR count). The summed E-state index contributed by atoms with van der Waals surface area (Å²) >= 11 is 0. The van der Waals surface area contributed by atoms with Gasteiger partial charge in [-0.05, 0) is 48.7 Å². The van der Waals surface area contributed by atoms with E-state index in [2.05, 4.69) is 16.0 Å². The maximum absolute atomic E-state index is 13.5. The Kier molecular flexibility index (Phi) is 4.21. The third kappa shape index (κ3) is 2.58. The molecule has 2 aromatic carbocycles. The molecule has 0 bridgehead atoms. The van der Waals surface area contributed by atoms with Crippen LogP contribution in [0.2, 0.25) is 0 Å². The maximum Gasteiger partial charge on any atom is 0.185 e. The molecule has 3 heterocycles. The molecule has 0 spiro atoms. The molecule has 2 aliphatic heterocycles. The van der Waals surface area contributed by atoms with Crippen LogP contribution in [0.3, 0.4) is 0 Å². The Morgan fingerprint density at radius 2 is 1.93 bits per heavy atom. The van der Waals surface area contributed by atoms with Crippen LogP contribution in [0.4, 0.5) is 0 Å². The second kappa shape index (κ2) is 6.64. The van der Waals surface area contributed by atoms with E-state index in [1.165, 1.54) is 16.6 Å². The molecule has 146 valence electrons. The Bertz CT molecular complexity index is 1160. The average molecular weight is 397 g/mol. The number of para-hydroxylation sites is 1. The van der Waals surface area contributed by atoms with Gasteiger partial charge in [0, 0.05) is 30.6 Å². The summed E-state index contributed by atoms with van der Waals surface area (Å²) in [5.41, 5.74) is 4.83. The fourth-order valence-electron chi connectivity index (χ4n) is 4.84. The van der Waals surface area contributed by atoms with Crippen LogP contribution in [0.1, 0.15) is 28.5 Å². The summed E-state index contributed by atoms with van der Waals surface area (Å²) in [6, 6.07) is 13.0. The van der Waals surface area contributed by atoms with Crippen LogP contribution in [-0.2, 0) is 29.2 Å². The summed E-state index contributed by atoms with van der Waals surface area (Å²) < 4.78 is 34.7. The molecule has 28 heavy (non-hydrogen) atoms. The minimum Gasteiger partial charge on any atom is -0.497 e. The molecule has 0 saturated heterocycles. The van der Waals surface area contributed by atoms with Gasteiger partial charge in [-0.2, -0.15) is 0 Å². The molecule has 1 aromatic heterocycles. The van der Waals surface area contributed by atoms with Crippen LogP contribution in [0.25, 0.3) is 10.9 Å². The lowest BCUT2D eigenvalue weighted by Crippen LogP contribution is -2.22. The number of aryl methyl sites for hydroxylation is 1. The molecule has 3 aromatic rings. The molecule has 1 N–H and O–H groups in total. The van der Waals surface area contributed by atoms with E-state index in [1.54, 1.807) is 31.4 Å². The first-order valence-electron chi connectivity index (χ1n) is 9.83. The molecule has 0 saturated carbocycles. The summed E-state index contributed by atoms with van der Waals surface area (Å²) in [4.78, 5) is 0.333. The smallest absolute Gasteiger partial charge is 0.185 e. The van der Waals surface area contributed by atoms with Crippen molar-refractivity contribution in [2.75, 3.05) is 20.2 Å². The molecular formula is C22H24N2O3S. The van der Waals surface area contributed by atoms with Crippen LogP contribution >= 0.6 is 0 Å². The highest BCUT2D eigenvalue weighted by atomic mass is 32.2. The molecule has 5 nitrogen and oxygen atoms in total. The summed E-state index contributed by atoms with van der Waals surface area (Å²) in [6.07, 6.45) is 2.59. The number of ether oxygens (including phenoxy) is 1. The highest BCUT2D eigenvalue weighted by molar-refractivity contribution is 7.91. The van der Waals surface area contributed by atoms with Crippen LogP contribution in [0.5, 0.6) is 5.75 Å². The van der Waals surface area contributed by atoms with Gasteiger partial charge in [0.2, 0.25) is 0 Å². The van der Waals surface area contributed by atoms with Crippen molar-refractivity contribution >= 4 is 20.7 Å². The van der Waals surface area contributed by atoms with E-state index in [9.17, 15) is 8.42 Å². The average Bonchev–Trinajstić information content (AvgIpc) is 2.88. The lowest BCUT2D eigenvalue weighted by atomic mass is 10.0. The van der Waals surface area contributed by atoms with Crippen LogP contribution in [0, 0.1) is 0 Å². The van der Waals surface area contributed by atoms with E-state index in [4.69, 9.17) is 4.74 Å². The quantitative estimate of drug-likeness (QED) is 0.738. The predicted molar refractivity (Wildman–Crippen MR) is 110 cm³/mol. The number of nitrogens with zero attached hydrogens (tertiary/aromatic N) is 1. The first-order chi connectivity index (χ1) is 13.6. The number of sulfone groups is 1. The highest BCUT2D eigenvalue weighted by Crippen LogP contribution is 2.43. The third-order valence-corrected chi connectivity index (χ3v) is 8.28. The molecular weight excluding hydrogens is 372 g/mol. The van der Waals surface area contributed by atoms with E-state index in [0.29, 0.717) is 17.1 Å². The third-order valence-electron chi connectivity index (χ3n) is 6.13. The van der Waals surface area contributed by atoms with Crippen molar-refractivity contribution in [3.05, 3.63) is 59.3 Å². The fourth-order valence-corrected chi connectivity index (χ4v) is 6.66. The Hall–Kier alpha value is -2.31. The zero-order valence-electron chi connectivity index (χ0n) is 15.9. The Balaban J connectivity index is 1.68. The monoisotopic (exact) mass is 396 g/mol. The normalized spacial score (nSPS) is 19.2. The van der Waals surface area contributed by atoms with Gasteiger partial charge in [-0.1, -0.05) is 24.3 Å². The number of fused-ring (bicyclic) bond motifs is 3. The standard InChI is InChI=1S/C22H24N2O3S/c1-27-15-4-2-5-16(14-15)28(25,26)21-10-13-24-20-9-12-23-11-8-17(20)18-6-3-7-19(21)22(18)24/h2-7,14,21,23H,8-13H2,1H3. The number of benzene rings is 2. The van der Waals surface area contributed by atoms with E-state index in [0.717, 1.165) is 43.6 Å². The highest BCUT2D eigenvalue weighted by Gasteiger charge is 2.35. The van der Waals surface area contributed by atoms with Crippen molar-refractivity contribution in [3.63, 3.8) is 0 Å². The summed E-state index contributed by atoms with van der Waals surface area (Å²) in [5.74, 6) is 0.567. The van der Waals surface area contributed by atoms with Gasteiger partial charge in [0.1, 0.15) is 5.75 Å². The molecule has 0 fully saturated rings. The van der Waals surface area contributed by atoms with Crippen molar-refractivity contribution in [1.29, 1.82) is 0 Å². The largest absolute Gasteiger partial charge is 0.497 e. The van der Waals surface area contributed by atoms with Gasteiger partial charge in [-0.3, -0.25) is 0 Å². The van der Waals surface area contributed by atoms with Gasteiger partial charge >= 0.3 is 0 Å². The van der Waals surface area contributed by atoms with Crippen LogP contribution < -0.4 is 10.1 Å². The minimum atomic E-state index is -3.50. The first kappa shape index (κ1) is 17.8. The van der Waals surface area contributed by atoms with Crippen molar-refractivity contribution in [2.24, 2.45) is 0 Å². The lowest BCUT2D eigenvalue weighted by molar-refractivity contribution is 0.413.